The third kappa shape index (κ3) is 5.12. The van der Waals surface area contributed by atoms with Crippen LogP contribution in [-0.2, 0) is 9.59 Å². The lowest BCUT2D eigenvalue weighted by Gasteiger charge is -2.14. The van der Waals surface area contributed by atoms with Crippen LogP contribution in [0.4, 0.5) is 0 Å². The molecule has 0 aliphatic rings. The Hall–Kier alpha value is -1.84. The summed E-state index contributed by atoms with van der Waals surface area (Å²) in [4.78, 5) is 22.8. The highest BCUT2D eigenvalue weighted by atomic mass is 16.4. The summed E-state index contributed by atoms with van der Waals surface area (Å²) < 4.78 is 0. The van der Waals surface area contributed by atoms with Gasteiger partial charge in [0.25, 0.3) is 0 Å². The summed E-state index contributed by atoms with van der Waals surface area (Å²) in [5, 5.41) is 12.0. The monoisotopic (exact) mass is 263 g/mol. The van der Waals surface area contributed by atoms with Gasteiger partial charge in [-0.3, -0.25) is 9.59 Å². The number of carboxylic acids is 1. The number of aryl methyl sites for hydroxylation is 1. The Kier molecular flexibility index (Phi) is 5.55. The van der Waals surface area contributed by atoms with Crippen LogP contribution in [0.2, 0.25) is 0 Å². The average Bonchev–Trinajstić information content (AvgIpc) is 2.30. The van der Waals surface area contributed by atoms with Crippen LogP contribution in [0, 0.1) is 6.92 Å². The fourth-order valence-corrected chi connectivity index (χ4v) is 1.90. The molecule has 0 saturated carbocycles. The molecule has 0 aromatic heterocycles. The van der Waals surface area contributed by atoms with Gasteiger partial charge in [0.2, 0.25) is 5.91 Å². The summed E-state index contributed by atoms with van der Waals surface area (Å²) >= 11 is 0. The first kappa shape index (κ1) is 15.2. The fraction of sp³-hybridized carbons (Fsp3) is 0.467. The van der Waals surface area contributed by atoms with Crippen molar-refractivity contribution in [2.75, 3.05) is 0 Å². The second-order valence-electron chi connectivity index (χ2n) is 5.06. The van der Waals surface area contributed by atoms with E-state index in [-0.39, 0.29) is 18.4 Å². The maximum atomic E-state index is 11.6. The smallest absolute Gasteiger partial charge is 0.310 e. The predicted octanol–water partition coefficient (Wildman–Crippen LogP) is 2.47. The molecule has 0 saturated heterocycles. The molecule has 1 aromatic rings. The van der Waals surface area contributed by atoms with Gasteiger partial charge in [-0.15, -0.1) is 0 Å². The van der Waals surface area contributed by atoms with E-state index in [4.69, 9.17) is 0 Å². The number of carbonyl (C=O) groups is 2. The first-order chi connectivity index (χ1) is 8.90. The van der Waals surface area contributed by atoms with Gasteiger partial charge < -0.3 is 10.4 Å². The van der Waals surface area contributed by atoms with Crippen molar-refractivity contribution >= 4 is 11.9 Å². The van der Waals surface area contributed by atoms with Crippen molar-refractivity contribution in [3.63, 3.8) is 0 Å². The van der Waals surface area contributed by atoms with E-state index in [1.165, 1.54) is 0 Å². The van der Waals surface area contributed by atoms with Crippen molar-refractivity contribution in [1.82, 2.24) is 5.32 Å². The minimum Gasteiger partial charge on any atom is -0.481 e. The second kappa shape index (κ2) is 6.92. The number of amides is 1. The molecule has 0 aliphatic heterocycles. The summed E-state index contributed by atoms with van der Waals surface area (Å²) in [6.45, 7) is 5.72. The van der Waals surface area contributed by atoms with Gasteiger partial charge in [-0.05, 0) is 32.8 Å². The van der Waals surface area contributed by atoms with E-state index < -0.39 is 11.9 Å². The molecule has 0 aliphatic carbocycles. The highest BCUT2D eigenvalue weighted by Crippen LogP contribution is 2.22. The van der Waals surface area contributed by atoms with Crippen LogP contribution in [0.3, 0.4) is 0 Å². The minimum absolute atomic E-state index is 0.0788. The molecule has 0 radical (unpaired) electrons. The number of rotatable bonds is 6. The summed E-state index contributed by atoms with van der Waals surface area (Å²) in [5.74, 6) is -1.62. The third-order valence-corrected chi connectivity index (χ3v) is 2.89. The van der Waals surface area contributed by atoms with E-state index >= 15 is 0 Å². The van der Waals surface area contributed by atoms with E-state index in [1.54, 1.807) is 0 Å². The minimum atomic E-state index is -0.888. The van der Waals surface area contributed by atoms with Gasteiger partial charge in [0, 0.05) is 12.5 Å². The van der Waals surface area contributed by atoms with Crippen molar-refractivity contribution in [1.29, 1.82) is 0 Å². The first-order valence-corrected chi connectivity index (χ1v) is 6.49. The molecule has 4 nitrogen and oxygen atoms in total. The molecule has 0 fully saturated rings. The van der Waals surface area contributed by atoms with Gasteiger partial charge in [-0.25, -0.2) is 0 Å². The van der Waals surface area contributed by atoms with Gasteiger partial charge in [0.15, 0.2) is 0 Å². The summed E-state index contributed by atoms with van der Waals surface area (Å²) in [6.07, 6.45) is 0.542. The van der Waals surface area contributed by atoms with Crippen LogP contribution in [0.25, 0.3) is 0 Å². The average molecular weight is 263 g/mol. The lowest BCUT2D eigenvalue weighted by atomic mass is 9.93. The highest BCUT2D eigenvalue weighted by Gasteiger charge is 2.20. The van der Waals surface area contributed by atoms with Gasteiger partial charge in [0.1, 0.15) is 0 Å². The molecule has 0 heterocycles. The van der Waals surface area contributed by atoms with E-state index in [2.05, 4.69) is 5.32 Å². The molecule has 1 unspecified atom stereocenters. The lowest BCUT2D eigenvalue weighted by molar-refractivity contribution is -0.139. The van der Waals surface area contributed by atoms with E-state index in [0.717, 1.165) is 11.1 Å². The standard InChI is InChI=1S/C15H21NO3/c1-10(2)16-14(17)9-8-13(15(18)19)12-6-4-11(3)5-7-12/h4-7,10,13H,8-9H2,1-3H3,(H,16,17)(H,18,19). The van der Waals surface area contributed by atoms with Crippen molar-refractivity contribution in [2.45, 2.75) is 45.6 Å². The maximum Gasteiger partial charge on any atom is 0.310 e. The molecule has 1 rings (SSSR count). The Labute approximate surface area is 113 Å². The molecule has 1 atom stereocenters. The van der Waals surface area contributed by atoms with Gasteiger partial charge in [0.05, 0.1) is 5.92 Å². The Balaban J connectivity index is 2.66. The summed E-state index contributed by atoms with van der Waals surface area (Å²) in [5.41, 5.74) is 1.83. The van der Waals surface area contributed by atoms with Crippen LogP contribution in [0.1, 0.15) is 43.7 Å². The molecule has 4 heteroatoms. The third-order valence-electron chi connectivity index (χ3n) is 2.89. The number of carboxylic acid groups (broad SMARTS) is 1. The van der Waals surface area contributed by atoms with Gasteiger partial charge >= 0.3 is 5.97 Å². The quantitative estimate of drug-likeness (QED) is 0.828. The number of hydrogen-bond donors (Lipinski definition) is 2. The molecule has 104 valence electrons. The van der Waals surface area contributed by atoms with Crippen molar-refractivity contribution in [2.24, 2.45) is 0 Å². The zero-order valence-corrected chi connectivity index (χ0v) is 11.6. The van der Waals surface area contributed by atoms with Crippen molar-refractivity contribution in [3.8, 4) is 0 Å². The zero-order chi connectivity index (χ0) is 14.4. The lowest BCUT2D eigenvalue weighted by Crippen LogP contribution is -2.30. The van der Waals surface area contributed by atoms with Crippen molar-refractivity contribution in [3.05, 3.63) is 35.4 Å². The zero-order valence-electron chi connectivity index (χ0n) is 11.6. The Morgan fingerprint density at radius 3 is 2.26 bits per heavy atom. The number of hydrogen-bond acceptors (Lipinski definition) is 2. The highest BCUT2D eigenvalue weighted by molar-refractivity contribution is 5.79. The Bertz CT molecular complexity index is 437. The van der Waals surface area contributed by atoms with Crippen LogP contribution in [0.15, 0.2) is 24.3 Å². The predicted molar refractivity (Wildman–Crippen MR) is 74.1 cm³/mol. The van der Waals surface area contributed by atoms with Crippen molar-refractivity contribution < 1.29 is 14.7 Å². The number of aliphatic carboxylic acids is 1. The van der Waals surface area contributed by atoms with Gasteiger partial charge in [-0.2, -0.15) is 0 Å². The Morgan fingerprint density at radius 2 is 1.79 bits per heavy atom. The van der Waals surface area contributed by atoms with E-state index in [1.807, 2.05) is 45.0 Å². The van der Waals surface area contributed by atoms with Crippen LogP contribution in [-0.4, -0.2) is 23.0 Å². The topological polar surface area (TPSA) is 66.4 Å². The number of nitrogens with one attached hydrogen (secondary N) is 1. The molecule has 1 amide bonds. The maximum absolute atomic E-state index is 11.6. The summed E-state index contributed by atoms with van der Waals surface area (Å²) in [6, 6.07) is 7.48. The molecular formula is C15H21NO3. The largest absolute Gasteiger partial charge is 0.481 e. The van der Waals surface area contributed by atoms with Crippen LogP contribution >= 0.6 is 0 Å². The molecule has 19 heavy (non-hydrogen) atoms. The van der Waals surface area contributed by atoms with E-state index in [9.17, 15) is 14.7 Å². The first-order valence-electron chi connectivity index (χ1n) is 6.49. The Morgan fingerprint density at radius 1 is 1.21 bits per heavy atom. The number of carbonyl (C=O) groups excluding carboxylic acids is 1. The second-order valence-corrected chi connectivity index (χ2v) is 5.06. The SMILES string of the molecule is Cc1ccc(C(CCC(=O)NC(C)C)C(=O)O)cc1. The molecule has 0 spiro atoms. The molecule has 1 aromatic carbocycles. The van der Waals surface area contributed by atoms with Crippen LogP contribution in [0.5, 0.6) is 0 Å². The fourth-order valence-electron chi connectivity index (χ4n) is 1.90. The molecule has 2 N–H and O–H groups in total. The van der Waals surface area contributed by atoms with Gasteiger partial charge in [-0.1, -0.05) is 29.8 Å². The molecule has 0 bridgehead atoms. The van der Waals surface area contributed by atoms with E-state index in [0.29, 0.717) is 6.42 Å². The molecular weight excluding hydrogens is 242 g/mol. The van der Waals surface area contributed by atoms with Crippen LogP contribution < -0.4 is 5.32 Å². The normalized spacial score (nSPS) is 12.2. The number of benzene rings is 1. The summed E-state index contributed by atoms with van der Waals surface area (Å²) in [7, 11) is 0.